The highest BCUT2D eigenvalue weighted by atomic mass is 16.5. The zero-order chi connectivity index (χ0) is 18.0. The van der Waals surface area contributed by atoms with Gasteiger partial charge >= 0.3 is 0 Å². The lowest BCUT2D eigenvalue weighted by molar-refractivity contribution is 0.414. The van der Waals surface area contributed by atoms with Crippen LogP contribution in [0.1, 0.15) is 22.7 Å². The first-order valence-electron chi connectivity index (χ1n) is 7.21. The molecule has 1 aromatic heterocycles. The molecule has 1 aliphatic heterocycles. The minimum absolute atomic E-state index is 0.00819. The first-order valence-corrected chi connectivity index (χ1v) is 7.21. The van der Waals surface area contributed by atoms with E-state index in [0.29, 0.717) is 17.1 Å². The fourth-order valence-corrected chi connectivity index (χ4v) is 2.63. The van der Waals surface area contributed by atoms with E-state index in [1.165, 1.54) is 0 Å². The van der Waals surface area contributed by atoms with E-state index in [4.69, 9.17) is 21.5 Å². The zero-order valence-electron chi connectivity index (χ0n) is 13.2. The molecule has 0 fully saturated rings. The maximum Gasteiger partial charge on any atom is 0.211 e. The number of nitrogen functional groups attached to an aromatic ring is 2. The Bertz CT molecular complexity index is 954. The molecule has 25 heavy (non-hydrogen) atoms. The van der Waals surface area contributed by atoms with Gasteiger partial charge in [0.25, 0.3) is 0 Å². The molecule has 124 valence electrons. The van der Waals surface area contributed by atoms with Gasteiger partial charge in [-0.25, -0.2) is 9.98 Å². The van der Waals surface area contributed by atoms with Crippen molar-refractivity contribution in [3.8, 4) is 18.0 Å². The van der Waals surface area contributed by atoms with Crippen molar-refractivity contribution >= 4 is 23.3 Å². The van der Waals surface area contributed by atoms with Crippen molar-refractivity contribution in [1.29, 1.82) is 10.5 Å². The van der Waals surface area contributed by atoms with E-state index < -0.39 is 6.04 Å². The highest BCUT2D eigenvalue weighted by molar-refractivity contribution is 5.98. The molecule has 0 bridgehead atoms. The number of fused-ring (bicyclic) bond motifs is 1. The summed E-state index contributed by atoms with van der Waals surface area (Å²) < 4.78 is 5.25. The van der Waals surface area contributed by atoms with Crippen LogP contribution in [0.4, 0.5) is 17.3 Å². The number of rotatable bonds is 2. The third kappa shape index (κ3) is 2.71. The van der Waals surface area contributed by atoms with E-state index in [9.17, 15) is 5.26 Å². The summed E-state index contributed by atoms with van der Waals surface area (Å²) in [6.45, 7) is 0. The van der Waals surface area contributed by atoms with Crippen LogP contribution in [0.15, 0.2) is 29.3 Å². The van der Waals surface area contributed by atoms with Crippen LogP contribution in [-0.2, 0) is 0 Å². The van der Waals surface area contributed by atoms with Crippen LogP contribution in [0.3, 0.4) is 0 Å². The Morgan fingerprint density at radius 2 is 2.12 bits per heavy atom. The van der Waals surface area contributed by atoms with Gasteiger partial charge < -0.3 is 21.5 Å². The summed E-state index contributed by atoms with van der Waals surface area (Å²) in [7, 11) is 1.56. The van der Waals surface area contributed by atoms with E-state index in [1.807, 2.05) is 18.2 Å². The van der Waals surface area contributed by atoms with E-state index in [1.54, 1.807) is 25.4 Å². The molecule has 1 unspecified atom stereocenters. The topological polar surface area (TPSA) is 158 Å². The van der Waals surface area contributed by atoms with E-state index in [0.717, 1.165) is 5.56 Å². The number of methoxy groups -OCH3 is 1. The average Bonchev–Trinajstić information content (AvgIpc) is 2.61. The minimum atomic E-state index is -0.581. The Hall–Kier alpha value is -3.98. The molecule has 3 rings (SSSR count). The molecular weight excluding hydrogens is 320 g/mol. The van der Waals surface area contributed by atoms with Crippen molar-refractivity contribution < 1.29 is 4.74 Å². The summed E-state index contributed by atoms with van der Waals surface area (Å²) >= 11 is 0. The number of guanidine groups is 1. The summed E-state index contributed by atoms with van der Waals surface area (Å²) in [6, 6.07) is 8.64. The summed E-state index contributed by atoms with van der Waals surface area (Å²) in [5.74, 6) is 1.20. The van der Waals surface area contributed by atoms with Gasteiger partial charge in [-0.05, 0) is 17.7 Å². The number of ether oxygens (including phenoxy) is 1. The molecule has 0 spiro atoms. The molecule has 0 amide bonds. The Kier molecular flexibility index (Phi) is 3.98. The molecule has 1 aromatic carbocycles. The molecule has 0 radical (unpaired) electrons. The number of hydrogen-bond acceptors (Lipinski definition) is 9. The van der Waals surface area contributed by atoms with Gasteiger partial charge in [-0.15, -0.1) is 0 Å². The lowest BCUT2D eigenvalue weighted by Crippen LogP contribution is -2.32. The largest absolute Gasteiger partial charge is 0.497 e. The predicted octanol–water partition coefficient (Wildman–Crippen LogP) is 1.07. The second-order valence-corrected chi connectivity index (χ2v) is 5.18. The lowest BCUT2D eigenvalue weighted by atomic mass is 9.95. The van der Waals surface area contributed by atoms with Gasteiger partial charge in [0.05, 0.1) is 12.8 Å². The number of nitrogens with two attached hydrogens (primary N) is 2. The number of nitriles is 2. The van der Waals surface area contributed by atoms with E-state index in [2.05, 4.69) is 20.6 Å². The highest BCUT2D eigenvalue weighted by Crippen LogP contribution is 2.40. The Morgan fingerprint density at radius 3 is 2.80 bits per heavy atom. The monoisotopic (exact) mass is 334 g/mol. The number of nitrogens with one attached hydrogen (secondary N) is 2. The van der Waals surface area contributed by atoms with Gasteiger partial charge in [-0.3, -0.25) is 5.32 Å². The van der Waals surface area contributed by atoms with Gasteiger partial charge in [-0.2, -0.15) is 10.5 Å². The van der Waals surface area contributed by atoms with E-state index in [-0.39, 0.29) is 23.0 Å². The maximum atomic E-state index is 9.29. The minimum Gasteiger partial charge on any atom is -0.497 e. The van der Waals surface area contributed by atoms with Crippen LogP contribution >= 0.6 is 0 Å². The Labute approximate surface area is 143 Å². The maximum absolute atomic E-state index is 9.29. The fourth-order valence-electron chi connectivity index (χ4n) is 2.63. The predicted molar refractivity (Wildman–Crippen MR) is 92.4 cm³/mol. The standard InChI is InChI=1S/C16H14N8O/c1-25-9-4-2-3-8(5-9)13-11-12(19)10(6-17)14(20)23-15(11)24-16(22-13)21-7-18/h2-5,13H,1H3,(H6,19,20,21,22,23,24). The molecule has 9 nitrogen and oxygen atoms in total. The third-order valence-electron chi connectivity index (χ3n) is 3.77. The quantitative estimate of drug-likeness (QED) is 0.469. The Morgan fingerprint density at radius 1 is 1.32 bits per heavy atom. The van der Waals surface area contributed by atoms with Crippen LogP contribution in [-0.4, -0.2) is 18.1 Å². The van der Waals surface area contributed by atoms with Crippen LogP contribution in [0.25, 0.3) is 0 Å². The van der Waals surface area contributed by atoms with Crippen molar-refractivity contribution in [2.75, 3.05) is 23.9 Å². The average molecular weight is 334 g/mol. The number of nitrogens with zero attached hydrogens (tertiary/aromatic N) is 4. The zero-order valence-corrected chi connectivity index (χ0v) is 13.2. The van der Waals surface area contributed by atoms with Gasteiger partial charge in [0, 0.05) is 5.56 Å². The van der Waals surface area contributed by atoms with Crippen molar-refractivity contribution in [2.45, 2.75) is 6.04 Å². The number of aliphatic imine (C=N–C) groups is 1. The summed E-state index contributed by atoms with van der Waals surface area (Å²) in [4.78, 5) is 8.67. The Balaban J connectivity index is 2.24. The van der Waals surface area contributed by atoms with Crippen molar-refractivity contribution in [1.82, 2.24) is 10.3 Å². The first kappa shape index (κ1) is 15.9. The number of benzene rings is 1. The second-order valence-electron chi connectivity index (χ2n) is 5.18. The summed E-state index contributed by atoms with van der Waals surface area (Å²) in [5.41, 5.74) is 13.5. The van der Waals surface area contributed by atoms with Crippen LogP contribution in [0, 0.1) is 22.8 Å². The number of aromatic nitrogens is 1. The molecule has 0 saturated heterocycles. The molecule has 0 saturated carbocycles. The van der Waals surface area contributed by atoms with Gasteiger partial charge in [-0.1, -0.05) is 12.1 Å². The van der Waals surface area contributed by atoms with Gasteiger partial charge in [0.15, 0.2) is 6.19 Å². The van der Waals surface area contributed by atoms with Crippen molar-refractivity contribution in [3.05, 3.63) is 41.0 Å². The van der Waals surface area contributed by atoms with Crippen LogP contribution in [0.2, 0.25) is 0 Å². The molecule has 2 heterocycles. The molecule has 9 heteroatoms. The smallest absolute Gasteiger partial charge is 0.211 e. The van der Waals surface area contributed by atoms with Crippen molar-refractivity contribution in [2.24, 2.45) is 4.99 Å². The summed E-state index contributed by atoms with van der Waals surface area (Å²) in [6.07, 6.45) is 1.80. The second kappa shape index (κ2) is 6.26. The number of pyridine rings is 1. The summed E-state index contributed by atoms with van der Waals surface area (Å²) in [5, 5.41) is 23.5. The SMILES string of the molecule is COc1cccc(C2N=C(NC#N)Nc3nc(N)c(C#N)c(N)c32)c1. The number of anilines is 3. The highest BCUT2D eigenvalue weighted by Gasteiger charge is 2.29. The molecule has 1 atom stereocenters. The van der Waals surface area contributed by atoms with Crippen molar-refractivity contribution in [3.63, 3.8) is 0 Å². The first-order chi connectivity index (χ1) is 12.1. The fraction of sp³-hybridized carbons (Fsp3) is 0.125. The lowest BCUT2D eigenvalue weighted by Gasteiger charge is -2.26. The van der Waals surface area contributed by atoms with E-state index >= 15 is 0 Å². The molecule has 2 aromatic rings. The molecule has 1 aliphatic rings. The number of hydrogen-bond donors (Lipinski definition) is 4. The molecular formula is C16H14N8O. The van der Waals surface area contributed by atoms with Gasteiger partial charge in [0.2, 0.25) is 5.96 Å². The normalized spacial score (nSPS) is 15.0. The third-order valence-corrected chi connectivity index (χ3v) is 3.77. The van der Waals surface area contributed by atoms with Crippen LogP contribution < -0.4 is 26.8 Å². The van der Waals surface area contributed by atoms with Crippen LogP contribution in [0.5, 0.6) is 5.75 Å². The molecule has 0 aliphatic carbocycles. The van der Waals surface area contributed by atoms with Gasteiger partial charge in [0.1, 0.15) is 35.1 Å². The molecule has 6 N–H and O–H groups in total.